The zero-order valence-corrected chi connectivity index (χ0v) is 30.1. The van der Waals surface area contributed by atoms with E-state index in [4.69, 9.17) is 10.5 Å². The molecule has 5 aromatic carbocycles. The molecule has 0 atom stereocenters. The number of hydrogen-bond acceptors (Lipinski definition) is 4. The third-order valence-corrected chi connectivity index (χ3v) is 9.29. The van der Waals surface area contributed by atoms with Gasteiger partial charge in [0.1, 0.15) is 58.8 Å². The molecule has 0 spiro atoms. The third-order valence-electron chi connectivity index (χ3n) is 9.29. The first kappa shape index (κ1) is 47.5. The van der Waals surface area contributed by atoms with Crippen LogP contribution in [0.25, 0.3) is 0 Å². The molecule has 0 fully saturated rings. The normalized spacial score (nSPS) is 11.2. The number of rotatable bonds is 7. The van der Waals surface area contributed by atoms with Crippen molar-refractivity contribution in [1.82, 2.24) is 4.98 Å². The number of nitriles is 2. The summed E-state index contributed by atoms with van der Waals surface area (Å²) in [6.07, 6.45) is -4.30. The number of carbonyl (C=O) groups excluding carboxylic acids is 1. The molecule has 330 valence electrons. The molecule has 5 nitrogen and oxygen atoms in total. The highest BCUT2D eigenvalue weighted by molar-refractivity contribution is 7.20. The van der Waals surface area contributed by atoms with E-state index in [0.29, 0.717) is 5.56 Å². The van der Waals surface area contributed by atoms with Crippen molar-refractivity contribution in [3.05, 3.63) is 176 Å². The maximum absolute atomic E-state index is 15.4. The van der Waals surface area contributed by atoms with Crippen LogP contribution in [-0.2, 0) is 6.54 Å². The van der Waals surface area contributed by atoms with Gasteiger partial charge < -0.3 is 0 Å². The summed E-state index contributed by atoms with van der Waals surface area (Å²) in [5.74, 6) is -71.5. The SMILES string of the molecule is Fc1c(F)c(F)c([B-](c2c(F)c(F)c(F)c(F)c2F)(c2c(F)c(F)c(F)c(F)c2F)c2c(F)c(F)c(F)c(F)c2F)c(F)c1F.N#Cc1ncc[n+](CC(=O)c2ccccc2)c1C#N. The molecule has 0 saturated carbocycles. The molecule has 0 radical (unpaired) electrons. The Balaban J connectivity index is 0.000000337. The van der Waals surface area contributed by atoms with E-state index in [1.54, 1.807) is 24.3 Å². The van der Waals surface area contributed by atoms with Crippen LogP contribution >= 0.6 is 0 Å². The largest absolute Gasteiger partial charge is 0.320 e. The maximum Gasteiger partial charge on any atom is 0.320 e. The van der Waals surface area contributed by atoms with Crippen molar-refractivity contribution in [3.63, 3.8) is 0 Å². The molecule has 26 heteroatoms. The van der Waals surface area contributed by atoms with E-state index < -0.39 is 144 Å². The van der Waals surface area contributed by atoms with Crippen LogP contribution in [0.15, 0.2) is 42.7 Å². The highest BCUT2D eigenvalue weighted by Crippen LogP contribution is 2.30. The van der Waals surface area contributed by atoms with Crippen molar-refractivity contribution in [2.75, 3.05) is 0 Å². The van der Waals surface area contributed by atoms with Crippen LogP contribution in [-0.4, -0.2) is 16.9 Å². The van der Waals surface area contributed by atoms with Gasteiger partial charge in [0.2, 0.25) is 18.0 Å². The van der Waals surface area contributed by atoms with E-state index in [1.165, 1.54) is 17.0 Å². The van der Waals surface area contributed by atoms with Crippen LogP contribution in [0.5, 0.6) is 0 Å². The van der Waals surface area contributed by atoms with E-state index in [1.807, 2.05) is 18.2 Å². The van der Waals surface area contributed by atoms with Gasteiger partial charge in [-0.25, -0.2) is 92.8 Å². The summed E-state index contributed by atoms with van der Waals surface area (Å²) in [4.78, 5) is 15.8. The lowest BCUT2D eigenvalue weighted by Gasteiger charge is -2.44. The van der Waals surface area contributed by atoms with Gasteiger partial charge in [0, 0.05) is 5.56 Å². The molecule has 0 aliphatic rings. The lowest BCUT2D eigenvalue weighted by atomic mass is 9.12. The summed E-state index contributed by atoms with van der Waals surface area (Å²) < 4.78 is 295. The number of benzene rings is 5. The number of ketones is 1. The Morgan fingerprint density at radius 1 is 0.453 bits per heavy atom. The van der Waals surface area contributed by atoms with Crippen LogP contribution in [0.1, 0.15) is 21.7 Å². The minimum atomic E-state index is -7.22. The first-order valence-electron chi connectivity index (χ1n) is 16.5. The van der Waals surface area contributed by atoms with Crippen molar-refractivity contribution < 1.29 is 97.2 Å². The molecule has 0 saturated heterocycles. The summed E-state index contributed by atoms with van der Waals surface area (Å²) in [5.41, 5.74) is -13.7. The van der Waals surface area contributed by atoms with Crippen LogP contribution in [0.3, 0.4) is 0 Å². The fourth-order valence-corrected chi connectivity index (χ4v) is 6.54. The van der Waals surface area contributed by atoms with Gasteiger partial charge in [-0.1, -0.05) is 30.3 Å². The van der Waals surface area contributed by atoms with E-state index in [-0.39, 0.29) is 23.7 Å². The Morgan fingerprint density at radius 3 is 1.00 bits per heavy atom. The molecule has 0 bridgehead atoms. The standard InChI is InChI=1S/C24BF20.C14H9N4O/c26-5-1(6(27)14(35)21(42)13(5)34)25(2-7(28)15(36)22(43)16(37)8(2)29,3-9(30)17(38)23(44)18(39)10(3)31)4-11(32)19(40)24(45)20(41)12(4)33;15-8-12-13(9-16)18(7-6-17-12)10-14(19)11-4-2-1-3-5-11/h;1-7H,10H2/q-1;+1. The molecule has 0 amide bonds. The van der Waals surface area contributed by atoms with Gasteiger partial charge in [0.25, 0.3) is 0 Å². The first-order valence-corrected chi connectivity index (χ1v) is 16.5. The Hall–Kier alpha value is -7.51. The van der Waals surface area contributed by atoms with Gasteiger partial charge in [-0.05, 0) is 0 Å². The van der Waals surface area contributed by atoms with Crippen molar-refractivity contribution in [3.8, 4) is 12.1 Å². The minimum Gasteiger partial charge on any atom is -0.287 e. The molecule has 1 heterocycles. The molecule has 6 aromatic rings. The highest BCUT2D eigenvalue weighted by atomic mass is 19.2. The number of hydrogen-bond donors (Lipinski definition) is 0. The van der Waals surface area contributed by atoms with Gasteiger partial charge in [0.05, 0.1) is 6.20 Å². The summed E-state index contributed by atoms with van der Waals surface area (Å²) in [7, 11) is 0. The Labute approximate surface area is 341 Å². The number of halogens is 20. The van der Waals surface area contributed by atoms with Gasteiger partial charge in [-0.15, -0.1) is 21.9 Å². The van der Waals surface area contributed by atoms with Crippen LogP contribution in [0.4, 0.5) is 87.8 Å². The molecule has 0 N–H and O–H groups in total. The molecule has 0 unspecified atom stereocenters. The molecule has 6 rings (SSSR count). The quantitative estimate of drug-likeness (QED) is 0.0439. The minimum absolute atomic E-state index is 0.00407. The topological polar surface area (TPSA) is 81.4 Å². The average molecular weight is 928 g/mol. The summed E-state index contributed by atoms with van der Waals surface area (Å²) >= 11 is 0. The maximum atomic E-state index is 15.4. The van der Waals surface area contributed by atoms with Gasteiger partial charge >= 0.3 is 5.69 Å². The molecular formula is C38H9BF20N4O. The van der Waals surface area contributed by atoms with Crippen molar-refractivity contribution in [2.45, 2.75) is 6.54 Å². The lowest BCUT2D eigenvalue weighted by Crippen LogP contribution is -2.81. The smallest absolute Gasteiger partial charge is 0.287 e. The van der Waals surface area contributed by atoms with Gasteiger partial charge in [0.15, 0.2) is 82.1 Å². The second-order valence-corrected chi connectivity index (χ2v) is 12.6. The number of aromatic nitrogens is 2. The number of nitrogens with zero attached hydrogens (tertiary/aromatic N) is 4. The van der Waals surface area contributed by atoms with Crippen LogP contribution in [0.2, 0.25) is 0 Å². The van der Waals surface area contributed by atoms with Gasteiger partial charge in [-0.3, -0.25) is 4.79 Å². The van der Waals surface area contributed by atoms with Crippen molar-refractivity contribution >= 4 is 33.8 Å². The zero-order chi connectivity index (χ0) is 48.0. The highest BCUT2D eigenvalue weighted by Gasteiger charge is 2.52. The van der Waals surface area contributed by atoms with E-state index in [9.17, 15) is 57.5 Å². The zero-order valence-electron chi connectivity index (χ0n) is 30.1. The van der Waals surface area contributed by atoms with Gasteiger partial charge in [-0.2, -0.15) is 15.1 Å². The molecular weight excluding hydrogens is 919 g/mol. The predicted octanol–water partition coefficient (Wildman–Crippen LogP) is 6.84. The van der Waals surface area contributed by atoms with E-state index in [2.05, 4.69) is 4.98 Å². The summed E-state index contributed by atoms with van der Waals surface area (Å²) in [6.45, 7) is 0.00407. The van der Waals surface area contributed by atoms with Crippen molar-refractivity contribution in [1.29, 1.82) is 10.5 Å². The second kappa shape index (κ2) is 17.7. The van der Waals surface area contributed by atoms with Crippen LogP contribution in [0, 0.1) is 139 Å². The number of carbonyl (C=O) groups is 1. The predicted molar refractivity (Wildman–Crippen MR) is 174 cm³/mol. The van der Waals surface area contributed by atoms with Crippen LogP contribution < -0.4 is 26.4 Å². The fraction of sp³-hybridized carbons (Fsp3) is 0.0263. The molecule has 0 aliphatic heterocycles. The van der Waals surface area contributed by atoms with Crippen molar-refractivity contribution in [2.24, 2.45) is 0 Å². The Morgan fingerprint density at radius 2 is 0.734 bits per heavy atom. The van der Waals surface area contributed by atoms with E-state index >= 15 is 35.1 Å². The fourth-order valence-electron chi connectivity index (χ4n) is 6.54. The Kier molecular flexibility index (Phi) is 13.1. The first-order chi connectivity index (χ1) is 30.0. The number of Topliss-reactive ketones (excluding diaryl/α,β-unsaturated/α-hetero) is 1. The monoisotopic (exact) mass is 928 g/mol. The third kappa shape index (κ3) is 7.27. The summed E-state index contributed by atoms with van der Waals surface area (Å²) in [6, 6.07) is 12.5. The molecule has 1 aromatic heterocycles. The lowest BCUT2D eigenvalue weighted by molar-refractivity contribution is -0.686. The Bertz CT molecular complexity index is 2650. The molecule has 64 heavy (non-hydrogen) atoms. The molecule has 0 aliphatic carbocycles. The average Bonchev–Trinajstić information content (AvgIpc) is 3.29. The summed E-state index contributed by atoms with van der Waals surface area (Å²) in [5, 5.41) is 17.9. The van der Waals surface area contributed by atoms with E-state index in [0.717, 1.165) is 0 Å². The second-order valence-electron chi connectivity index (χ2n) is 12.6.